The van der Waals surface area contributed by atoms with Gasteiger partial charge < -0.3 is 9.88 Å². The number of anilines is 1. The van der Waals surface area contributed by atoms with Gasteiger partial charge in [0.1, 0.15) is 0 Å². The number of hydrogen-bond donors (Lipinski definition) is 1. The molecule has 2 rings (SSSR count). The topological polar surface area (TPSA) is 46.9 Å². The van der Waals surface area contributed by atoms with Gasteiger partial charge in [0.25, 0.3) is 0 Å². The summed E-state index contributed by atoms with van der Waals surface area (Å²) >= 11 is 1.44. The minimum Gasteiger partial charge on any atom is -0.329 e. The van der Waals surface area contributed by atoms with E-state index in [1.54, 1.807) is 6.20 Å². The fourth-order valence-corrected chi connectivity index (χ4v) is 2.80. The summed E-state index contributed by atoms with van der Waals surface area (Å²) in [5.41, 5.74) is 2.10. The molecule has 0 saturated carbocycles. The van der Waals surface area contributed by atoms with E-state index in [1.807, 2.05) is 36.0 Å². The Morgan fingerprint density at radius 1 is 1.43 bits per heavy atom. The van der Waals surface area contributed by atoms with Crippen LogP contribution in [0.25, 0.3) is 0 Å². The van der Waals surface area contributed by atoms with Crippen LogP contribution in [-0.4, -0.2) is 21.2 Å². The van der Waals surface area contributed by atoms with Crippen molar-refractivity contribution >= 4 is 23.4 Å². The smallest absolute Gasteiger partial charge is 0.234 e. The van der Waals surface area contributed by atoms with Crippen LogP contribution in [-0.2, 0) is 11.8 Å². The van der Waals surface area contributed by atoms with E-state index in [9.17, 15) is 4.79 Å². The third-order valence-corrected chi connectivity index (χ3v) is 4.55. The van der Waals surface area contributed by atoms with Crippen LogP contribution >= 0.6 is 11.8 Å². The summed E-state index contributed by atoms with van der Waals surface area (Å²) in [5.74, 6) is 0.794. The lowest BCUT2D eigenvalue weighted by atomic mass is 9.97. The van der Waals surface area contributed by atoms with E-state index in [-0.39, 0.29) is 5.91 Å². The first-order chi connectivity index (χ1) is 10.1. The number of nitrogens with zero attached hydrogens (tertiary/aromatic N) is 2. The van der Waals surface area contributed by atoms with Gasteiger partial charge in [-0.05, 0) is 24.0 Å². The lowest BCUT2D eigenvalue weighted by Gasteiger charge is -2.15. The third kappa shape index (κ3) is 4.11. The predicted molar refractivity (Wildman–Crippen MR) is 87.7 cm³/mol. The first kappa shape index (κ1) is 15.6. The standard InChI is InChI=1S/C16H21N3OS/c1-4-12(2)13-7-5-6-8-14(13)18-15(20)11-21-16-17-9-10-19(16)3/h5-10,12H,4,11H2,1-3H3,(H,18,20)/t12-/m0/s1. The van der Waals surface area contributed by atoms with Crippen LogP contribution in [0, 0.1) is 0 Å². The SMILES string of the molecule is CC[C@H](C)c1ccccc1NC(=O)CSc1nccn1C. The number of amides is 1. The fraction of sp³-hybridized carbons (Fsp3) is 0.375. The number of rotatable bonds is 6. The Bertz CT molecular complexity index is 609. The average molecular weight is 303 g/mol. The Balaban J connectivity index is 1.98. The molecule has 0 unspecified atom stereocenters. The Morgan fingerprint density at radius 2 is 2.19 bits per heavy atom. The van der Waals surface area contributed by atoms with E-state index >= 15 is 0 Å². The molecule has 1 atom stereocenters. The van der Waals surface area contributed by atoms with Crippen LogP contribution in [0.3, 0.4) is 0 Å². The number of aryl methyl sites for hydroxylation is 1. The number of imidazole rings is 1. The summed E-state index contributed by atoms with van der Waals surface area (Å²) in [6.45, 7) is 4.33. The highest BCUT2D eigenvalue weighted by Crippen LogP contribution is 2.26. The number of hydrogen-bond acceptors (Lipinski definition) is 3. The van der Waals surface area contributed by atoms with Gasteiger partial charge in [0.15, 0.2) is 5.16 Å². The van der Waals surface area contributed by atoms with Crippen LogP contribution in [0.4, 0.5) is 5.69 Å². The molecule has 1 aromatic carbocycles. The average Bonchev–Trinajstić information content (AvgIpc) is 2.90. The van der Waals surface area contributed by atoms with Gasteiger partial charge in [0.05, 0.1) is 5.75 Å². The highest BCUT2D eigenvalue weighted by atomic mass is 32.2. The molecule has 5 heteroatoms. The molecule has 0 spiro atoms. The van der Waals surface area contributed by atoms with Crippen molar-refractivity contribution in [2.24, 2.45) is 7.05 Å². The Morgan fingerprint density at radius 3 is 2.86 bits per heavy atom. The number of carbonyl (C=O) groups is 1. The molecule has 21 heavy (non-hydrogen) atoms. The van der Waals surface area contributed by atoms with Gasteiger partial charge in [-0.15, -0.1) is 0 Å². The molecule has 1 amide bonds. The van der Waals surface area contributed by atoms with Gasteiger partial charge >= 0.3 is 0 Å². The molecule has 0 saturated heterocycles. The summed E-state index contributed by atoms with van der Waals surface area (Å²) in [6, 6.07) is 8.01. The molecule has 1 N–H and O–H groups in total. The monoisotopic (exact) mass is 303 g/mol. The number of carbonyl (C=O) groups excluding carboxylic acids is 1. The van der Waals surface area contributed by atoms with Crippen molar-refractivity contribution in [3.8, 4) is 0 Å². The Kier molecular flexibility index (Phi) is 5.44. The van der Waals surface area contributed by atoms with Crippen molar-refractivity contribution < 1.29 is 4.79 Å². The lowest BCUT2D eigenvalue weighted by Crippen LogP contribution is -2.16. The largest absolute Gasteiger partial charge is 0.329 e. The first-order valence-electron chi connectivity index (χ1n) is 7.10. The zero-order valence-corrected chi connectivity index (χ0v) is 13.5. The molecule has 0 radical (unpaired) electrons. The van der Waals surface area contributed by atoms with Gasteiger partial charge in [0.2, 0.25) is 5.91 Å². The molecule has 0 aliphatic carbocycles. The lowest BCUT2D eigenvalue weighted by molar-refractivity contribution is -0.113. The summed E-state index contributed by atoms with van der Waals surface area (Å²) in [6.07, 6.45) is 4.66. The number of aromatic nitrogens is 2. The maximum Gasteiger partial charge on any atom is 0.234 e. The fourth-order valence-electron chi connectivity index (χ4n) is 2.07. The Hall–Kier alpha value is -1.75. The van der Waals surface area contributed by atoms with E-state index in [2.05, 4.69) is 30.2 Å². The van der Waals surface area contributed by atoms with Crippen molar-refractivity contribution in [3.05, 3.63) is 42.2 Å². The highest BCUT2D eigenvalue weighted by Gasteiger charge is 2.12. The summed E-state index contributed by atoms with van der Waals surface area (Å²) in [5, 5.41) is 3.86. The molecule has 0 aliphatic heterocycles. The molecule has 0 bridgehead atoms. The molecule has 112 valence electrons. The number of benzene rings is 1. The maximum atomic E-state index is 12.1. The number of thioether (sulfide) groups is 1. The molecule has 1 heterocycles. The highest BCUT2D eigenvalue weighted by molar-refractivity contribution is 7.99. The minimum absolute atomic E-state index is 0.00115. The first-order valence-corrected chi connectivity index (χ1v) is 8.09. The molecule has 0 aliphatic rings. The van der Waals surface area contributed by atoms with Crippen LogP contribution in [0.5, 0.6) is 0 Å². The summed E-state index contributed by atoms with van der Waals surface area (Å²) < 4.78 is 1.91. The van der Waals surface area contributed by atoms with Gasteiger partial charge in [-0.25, -0.2) is 4.98 Å². The summed E-state index contributed by atoms with van der Waals surface area (Å²) in [7, 11) is 1.92. The van der Waals surface area contributed by atoms with E-state index in [4.69, 9.17) is 0 Å². The second-order valence-corrected chi connectivity index (χ2v) is 6.00. The predicted octanol–water partition coefficient (Wildman–Crippen LogP) is 3.66. The molecule has 0 fully saturated rings. The number of para-hydroxylation sites is 1. The van der Waals surface area contributed by atoms with Crippen LogP contribution in [0.1, 0.15) is 31.7 Å². The van der Waals surface area contributed by atoms with Gasteiger partial charge in [-0.1, -0.05) is 43.8 Å². The van der Waals surface area contributed by atoms with Crippen molar-refractivity contribution in [2.45, 2.75) is 31.3 Å². The van der Waals surface area contributed by atoms with E-state index in [1.165, 1.54) is 17.3 Å². The van der Waals surface area contributed by atoms with Crippen molar-refractivity contribution in [1.29, 1.82) is 0 Å². The second kappa shape index (κ2) is 7.31. The normalized spacial score (nSPS) is 12.1. The van der Waals surface area contributed by atoms with Crippen molar-refractivity contribution in [3.63, 3.8) is 0 Å². The molecular formula is C16H21N3OS. The van der Waals surface area contributed by atoms with Gasteiger partial charge in [-0.2, -0.15) is 0 Å². The van der Waals surface area contributed by atoms with Crippen molar-refractivity contribution in [1.82, 2.24) is 9.55 Å². The zero-order valence-electron chi connectivity index (χ0n) is 12.7. The molecule has 4 nitrogen and oxygen atoms in total. The third-order valence-electron chi connectivity index (χ3n) is 3.49. The van der Waals surface area contributed by atoms with E-state index in [0.717, 1.165) is 17.3 Å². The minimum atomic E-state index is -0.00115. The second-order valence-electron chi connectivity index (χ2n) is 5.05. The van der Waals surface area contributed by atoms with Crippen molar-refractivity contribution in [2.75, 3.05) is 11.1 Å². The van der Waals surface area contributed by atoms with Gasteiger partial charge in [0, 0.05) is 25.1 Å². The van der Waals surface area contributed by atoms with Crippen LogP contribution in [0.2, 0.25) is 0 Å². The van der Waals surface area contributed by atoms with Crippen LogP contribution < -0.4 is 5.32 Å². The molecular weight excluding hydrogens is 282 g/mol. The Labute approximate surface area is 130 Å². The zero-order chi connectivity index (χ0) is 15.2. The quantitative estimate of drug-likeness (QED) is 0.828. The molecule has 1 aromatic heterocycles. The molecule has 2 aromatic rings. The van der Waals surface area contributed by atoms with E-state index in [0.29, 0.717) is 11.7 Å². The van der Waals surface area contributed by atoms with E-state index < -0.39 is 0 Å². The van der Waals surface area contributed by atoms with Crippen LogP contribution in [0.15, 0.2) is 41.8 Å². The number of nitrogens with one attached hydrogen (secondary N) is 1. The maximum absolute atomic E-state index is 12.1. The van der Waals surface area contributed by atoms with Gasteiger partial charge in [-0.3, -0.25) is 4.79 Å². The summed E-state index contributed by atoms with van der Waals surface area (Å²) in [4.78, 5) is 16.3.